The molecule has 0 radical (unpaired) electrons. The fourth-order valence-corrected chi connectivity index (χ4v) is 2.10. The standard InChI is InChI=1S/C12H20N4O5/c1-7(10(18)13-2)5-15(3)12(21)16-6-9(17)14-4-8(16)11(19)20/h7-8H,4-6H2,1-3H3,(H,13,18)(H,14,17)(H,19,20). The molecule has 1 aliphatic rings. The number of rotatable bonds is 4. The molecule has 2 atom stereocenters. The van der Waals surface area contributed by atoms with Gasteiger partial charge in [-0.15, -0.1) is 0 Å². The van der Waals surface area contributed by atoms with Crippen molar-refractivity contribution >= 4 is 23.8 Å². The lowest BCUT2D eigenvalue weighted by Gasteiger charge is -2.35. The van der Waals surface area contributed by atoms with Gasteiger partial charge < -0.3 is 20.6 Å². The van der Waals surface area contributed by atoms with Crippen molar-refractivity contribution in [1.82, 2.24) is 20.4 Å². The Labute approximate surface area is 122 Å². The predicted octanol–water partition coefficient (Wildman–Crippen LogP) is -1.69. The van der Waals surface area contributed by atoms with E-state index in [1.807, 2.05) is 0 Å². The van der Waals surface area contributed by atoms with Crippen LogP contribution in [0, 0.1) is 5.92 Å². The molecule has 0 aromatic carbocycles. The summed E-state index contributed by atoms with van der Waals surface area (Å²) in [5.74, 6) is -2.25. The van der Waals surface area contributed by atoms with Crippen LogP contribution in [0.3, 0.4) is 0 Å². The lowest BCUT2D eigenvalue weighted by atomic mass is 10.1. The van der Waals surface area contributed by atoms with Gasteiger partial charge in [0.05, 0.1) is 5.92 Å². The number of carbonyl (C=O) groups is 4. The molecule has 1 heterocycles. The van der Waals surface area contributed by atoms with Gasteiger partial charge in [-0.1, -0.05) is 6.92 Å². The molecule has 1 fully saturated rings. The first-order valence-corrected chi connectivity index (χ1v) is 6.50. The smallest absolute Gasteiger partial charge is 0.328 e. The van der Waals surface area contributed by atoms with E-state index in [1.54, 1.807) is 6.92 Å². The van der Waals surface area contributed by atoms with Gasteiger partial charge in [-0.3, -0.25) is 14.5 Å². The number of hydrogen-bond acceptors (Lipinski definition) is 4. The summed E-state index contributed by atoms with van der Waals surface area (Å²) in [6.45, 7) is 1.34. The molecule has 0 aromatic rings. The summed E-state index contributed by atoms with van der Waals surface area (Å²) in [6.07, 6.45) is 0. The largest absolute Gasteiger partial charge is 0.480 e. The minimum atomic E-state index is -1.18. The number of hydrogen-bond donors (Lipinski definition) is 3. The van der Waals surface area contributed by atoms with Crippen molar-refractivity contribution in [3.8, 4) is 0 Å². The van der Waals surface area contributed by atoms with Crippen molar-refractivity contribution in [1.29, 1.82) is 0 Å². The maximum absolute atomic E-state index is 12.3. The second-order valence-electron chi connectivity index (χ2n) is 4.96. The van der Waals surface area contributed by atoms with Gasteiger partial charge in [0.2, 0.25) is 11.8 Å². The number of piperazine rings is 1. The summed E-state index contributed by atoms with van der Waals surface area (Å²) >= 11 is 0. The number of carboxylic acids is 1. The quantitative estimate of drug-likeness (QED) is 0.572. The molecule has 0 bridgehead atoms. The Balaban J connectivity index is 2.76. The maximum Gasteiger partial charge on any atom is 0.328 e. The van der Waals surface area contributed by atoms with Gasteiger partial charge >= 0.3 is 12.0 Å². The minimum Gasteiger partial charge on any atom is -0.480 e. The van der Waals surface area contributed by atoms with Gasteiger partial charge in [-0.2, -0.15) is 0 Å². The van der Waals surface area contributed by atoms with Gasteiger partial charge in [0, 0.05) is 27.2 Å². The van der Waals surface area contributed by atoms with E-state index in [0.717, 1.165) is 4.90 Å². The predicted molar refractivity (Wildman–Crippen MR) is 72.4 cm³/mol. The molecular weight excluding hydrogens is 280 g/mol. The topological polar surface area (TPSA) is 119 Å². The summed E-state index contributed by atoms with van der Waals surface area (Å²) < 4.78 is 0. The molecule has 0 spiro atoms. The Hall–Kier alpha value is -2.32. The van der Waals surface area contributed by atoms with E-state index in [-0.39, 0.29) is 25.5 Å². The van der Waals surface area contributed by atoms with E-state index in [4.69, 9.17) is 5.11 Å². The van der Waals surface area contributed by atoms with E-state index in [2.05, 4.69) is 10.6 Å². The van der Waals surface area contributed by atoms with Gasteiger partial charge in [-0.05, 0) is 0 Å². The van der Waals surface area contributed by atoms with Crippen molar-refractivity contribution in [2.24, 2.45) is 5.92 Å². The number of amides is 4. The molecule has 0 aromatic heterocycles. The molecule has 1 saturated heterocycles. The van der Waals surface area contributed by atoms with Gasteiger partial charge in [-0.25, -0.2) is 9.59 Å². The van der Waals surface area contributed by atoms with Crippen LogP contribution in [-0.2, 0) is 14.4 Å². The van der Waals surface area contributed by atoms with Gasteiger partial charge in [0.15, 0.2) is 0 Å². The first-order chi connectivity index (χ1) is 9.77. The highest BCUT2D eigenvalue weighted by Crippen LogP contribution is 2.09. The van der Waals surface area contributed by atoms with E-state index in [1.165, 1.54) is 19.0 Å². The number of nitrogens with zero attached hydrogens (tertiary/aromatic N) is 2. The number of urea groups is 1. The Morgan fingerprint density at radius 2 is 2.14 bits per heavy atom. The fraction of sp³-hybridized carbons (Fsp3) is 0.667. The summed E-state index contributed by atoms with van der Waals surface area (Å²) in [4.78, 5) is 48.5. The number of carboxylic acid groups (broad SMARTS) is 1. The summed E-state index contributed by atoms with van der Waals surface area (Å²) in [5.41, 5.74) is 0. The van der Waals surface area contributed by atoms with Crippen LogP contribution in [0.25, 0.3) is 0 Å². The van der Waals surface area contributed by atoms with Gasteiger partial charge in [0.1, 0.15) is 12.6 Å². The van der Waals surface area contributed by atoms with Crippen LogP contribution in [0.5, 0.6) is 0 Å². The van der Waals surface area contributed by atoms with Crippen molar-refractivity contribution in [2.75, 3.05) is 33.7 Å². The van der Waals surface area contributed by atoms with Crippen LogP contribution in [0.4, 0.5) is 4.79 Å². The van der Waals surface area contributed by atoms with E-state index >= 15 is 0 Å². The highest BCUT2D eigenvalue weighted by atomic mass is 16.4. The molecule has 4 amide bonds. The third kappa shape index (κ3) is 4.07. The molecule has 0 saturated carbocycles. The fourth-order valence-electron chi connectivity index (χ4n) is 2.10. The molecule has 2 unspecified atom stereocenters. The van der Waals surface area contributed by atoms with Crippen molar-refractivity contribution in [3.05, 3.63) is 0 Å². The van der Waals surface area contributed by atoms with E-state index in [9.17, 15) is 19.2 Å². The van der Waals surface area contributed by atoms with E-state index in [0.29, 0.717) is 0 Å². The first kappa shape index (κ1) is 16.7. The van der Waals surface area contributed by atoms with Crippen molar-refractivity contribution < 1.29 is 24.3 Å². The zero-order valence-corrected chi connectivity index (χ0v) is 12.3. The molecular formula is C12H20N4O5. The highest BCUT2D eigenvalue weighted by molar-refractivity contribution is 5.90. The summed E-state index contributed by atoms with van der Waals surface area (Å²) in [5, 5.41) is 14.0. The normalized spacial score (nSPS) is 19.5. The van der Waals surface area contributed by atoms with Crippen LogP contribution >= 0.6 is 0 Å². The zero-order valence-electron chi connectivity index (χ0n) is 12.3. The zero-order chi connectivity index (χ0) is 16.2. The molecule has 1 aliphatic heterocycles. The average Bonchev–Trinajstić information content (AvgIpc) is 2.44. The highest BCUT2D eigenvalue weighted by Gasteiger charge is 2.36. The molecule has 9 nitrogen and oxygen atoms in total. The Morgan fingerprint density at radius 3 is 2.67 bits per heavy atom. The van der Waals surface area contributed by atoms with Crippen LogP contribution in [-0.4, -0.2) is 78.5 Å². The van der Waals surface area contributed by atoms with Crippen LogP contribution in [0.15, 0.2) is 0 Å². The van der Waals surface area contributed by atoms with Crippen LogP contribution in [0.1, 0.15) is 6.92 Å². The van der Waals surface area contributed by atoms with Crippen molar-refractivity contribution in [3.63, 3.8) is 0 Å². The first-order valence-electron chi connectivity index (χ1n) is 6.50. The summed E-state index contributed by atoms with van der Waals surface area (Å²) in [6, 6.07) is -1.69. The number of nitrogens with one attached hydrogen (secondary N) is 2. The molecule has 0 aliphatic carbocycles. The number of carbonyl (C=O) groups excluding carboxylic acids is 3. The van der Waals surface area contributed by atoms with E-state index < -0.39 is 29.9 Å². The molecule has 3 N–H and O–H groups in total. The van der Waals surface area contributed by atoms with Crippen LogP contribution in [0.2, 0.25) is 0 Å². The summed E-state index contributed by atoms with van der Waals surface area (Å²) in [7, 11) is 2.96. The Bertz CT molecular complexity index is 453. The second-order valence-corrected chi connectivity index (χ2v) is 4.96. The van der Waals surface area contributed by atoms with Crippen LogP contribution < -0.4 is 10.6 Å². The maximum atomic E-state index is 12.3. The molecule has 9 heteroatoms. The lowest BCUT2D eigenvalue weighted by Crippen LogP contribution is -2.61. The monoisotopic (exact) mass is 300 g/mol. The number of aliphatic carboxylic acids is 1. The lowest BCUT2D eigenvalue weighted by molar-refractivity contribution is -0.144. The molecule has 118 valence electrons. The SMILES string of the molecule is CNC(=O)C(C)CN(C)C(=O)N1CC(=O)NCC1C(=O)O. The molecule has 21 heavy (non-hydrogen) atoms. The third-order valence-corrected chi connectivity index (χ3v) is 3.28. The minimum absolute atomic E-state index is 0.126. The average molecular weight is 300 g/mol. The third-order valence-electron chi connectivity index (χ3n) is 3.28. The van der Waals surface area contributed by atoms with Gasteiger partial charge in [0.25, 0.3) is 0 Å². The van der Waals surface area contributed by atoms with Crippen molar-refractivity contribution in [2.45, 2.75) is 13.0 Å². The Morgan fingerprint density at radius 1 is 1.52 bits per heavy atom. The second kappa shape index (κ2) is 6.91. The molecule has 1 rings (SSSR count). The Kier molecular flexibility index (Phi) is 5.51.